The van der Waals surface area contributed by atoms with Crippen molar-refractivity contribution < 1.29 is 9.53 Å². The first-order valence-electron chi connectivity index (χ1n) is 5.51. The lowest BCUT2D eigenvalue weighted by Crippen LogP contribution is -2.06. The van der Waals surface area contributed by atoms with Crippen molar-refractivity contribution in [2.24, 2.45) is 7.05 Å². The number of hydrogen-bond donors (Lipinski definition) is 0. The van der Waals surface area contributed by atoms with E-state index < -0.39 is 0 Å². The Bertz CT molecular complexity index is 514. The molecule has 0 spiro atoms. The van der Waals surface area contributed by atoms with Gasteiger partial charge in [-0.3, -0.25) is 0 Å². The number of rotatable bonds is 3. The number of aromatic nitrogens is 1. The third-order valence-electron chi connectivity index (χ3n) is 2.82. The topological polar surface area (TPSA) is 31.2 Å². The van der Waals surface area contributed by atoms with Crippen LogP contribution in [0.5, 0.6) is 0 Å². The summed E-state index contributed by atoms with van der Waals surface area (Å²) in [7, 11) is 1.91. The molecule has 3 nitrogen and oxygen atoms in total. The van der Waals surface area contributed by atoms with E-state index in [9.17, 15) is 4.79 Å². The minimum atomic E-state index is -0.271. The fourth-order valence-electron chi connectivity index (χ4n) is 1.63. The molecule has 0 saturated heterocycles. The zero-order valence-electron chi connectivity index (χ0n) is 10.0. The van der Waals surface area contributed by atoms with Crippen LogP contribution in [-0.4, -0.2) is 10.5 Å². The summed E-state index contributed by atoms with van der Waals surface area (Å²) in [5, 5.41) is 0. The molecule has 1 aromatic carbocycles. The van der Waals surface area contributed by atoms with Crippen molar-refractivity contribution in [1.82, 2.24) is 4.57 Å². The van der Waals surface area contributed by atoms with Crippen LogP contribution in [0.15, 0.2) is 42.6 Å². The van der Waals surface area contributed by atoms with E-state index in [-0.39, 0.29) is 5.97 Å². The molecule has 1 heterocycles. The third kappa shape index (κ3) is 2.56. The number of nitrogens with zero attached hydrogens (tertiary/aromatic N) is 1. The van der Waals surface area contributed by atoms with Crippen molar-refractivity contribution in [2.45, 2.75) is 13.5 Å². The van der Waals surface area contributed by atoms with Crippen molar-refractivity contribution in [3.63, 3.8) is 0 Å². The first kappa shape index (κ1) is 11.5. The average Bonchev–Trinajstić information content (AvgIpc) is 2.69. The summed E-state index contributed by atoms with van der Waals surface area (Å²) in [6.07, 6.45) is 1.86. The number of benzene rings is 1. The Morgan fingerprint density at radius 1 is 1.24 bits per heavy atom. The summed E-state index contributed by atoms with van der Waals surface area (Å²) in [4.78, 5) is 11.8. The second kappa shape index (κ2) is 4.87. The van der Waals surface area contributed by atoms with E-state index >= 15 is 0 Å². The van der Waals surface area contributed by atoms with Gasteiger partial charge in [-0.2, -0.15) is 0 Å². The summed E-state index contributed by atoms with van der Waals surface area (Å²) >= 11 is 0. The fourth-order valence-corrected chi connectivity index (χ4v) is 1.63. The van der Waals surface area contributed by atoms with Gasteiger partial charge in [0.25, 0.3) is 0 Å². The standard InChI is InChI=1S/C14H15NO2/c1-11-13(8-9-15(11)2)14(16)17-10-12-6-4-3-5-7-12/h3-9H,10H2,1-2H3. The predicted octanol–water partition coefficient (Wildman–Crippen LogP) is 2.69. The lowest BCUT2D eigenvalue weighted by atomic mass is 10.2. The lowest BCUT2D eigenvalue weighted by molar-refractivity contribution is 0.0472. The van der Waals surface area contributed by atoms with Crippen LogP contribution in [0, 0.1) is 6.92 Å². The number of carbonyl (C=O) groups is 1. The fraction of sp³-hybridized carbons (Fsp3) is 0.214. The highest BCUT2D eigenvalue weighted by Gasteiger charge is 2.12. The molecule has 1 aromatic heterocycles. The second-order valence-electron chi connectivity index (χ2n) is 3.99. The first-order valence-corrected chi connectivity index (χ1v) is 5.51. The monoisotopic (exact) mass is 229 g/mol. The summed E-state index contributed by atoms with van der Waals surface area (Å²) in [5.41, 5.74) is 2.54. The van der Waals surface area contributed by atoms with Crippen LogP contribution in [0.25, 0.3) is 0 Å². The maximum atomic E-state index is 11.8. The van der Waals surface area contributed by atoms with Crippen LogP contribution < -0.4 is 0 Å². The van der Waals surface area contributed by atoms with E-state index in [0.29, 0.717) is 12.2 Å². The van der Waals surface area contributed by atoms with Crippen LogP contribution in [0.3, 0.4) is 0 Å². The summed E-state index contributed by atoms with van der Waals surface area (Å²) in [6.45, 7) is 2.22. The average molecular weight is 229 g/mol. The van der Waals surface area contributed by atoms with Crippen molar-refractivity contribution in [2.75, 3.05) is 0 Å². The number of hydrogen-bond acceptors (Lipinski definition) is 2. The molecule has 0 aliphatic heterocycles. The molecule has 2 aromatic rings. The molecule has 0 aliphatic rings. The summed E-state index contributed by atoms with van der Waals surface area (Å²) in [5.74, 6) is -0.271. The molecule has 0 saturated carbocycles. The molecule has 0 amide bonds. The SMILES string of the molecule is Cc1c(C(=O)OCc2ccccc2)ccn1C. The highest BCUT2D eigenvalue weighted by Crippen LogP contribution is 2.11. The molecule has 0 bridgehead atoms. The zero-order valence-corrected chi connectivity index (χ0v) is 10.0. The maximum Gasteiger partial charge on any atom is 0.340 e. The van der Waals surface area contributed by atoms with Crippen molar-refractivity contribution >= 4 is 5.97 Å². The minimum absolute atomic E-state index is 0.271. The molecule has 0 N–H and O–H groups in total. The van der Waals surface area contributed by atoms with Gasteiger partial charge in [0.15, 0.2) is 0 Å². The largest absolute Gasteiger partial charge is 0.457 e. The van der Waals surface area contributed by atoms with Crippen LogP contribution in [-0.2, 0) is 18.4 Å². The quantitative estimate of drug-likeness (QED) is 0.758. The predicted molar refractivity (Wildman–Crippen MR) is 65.7 cm³/mol. The third-order valence-corrected chi connectivity index (χ3v) is 2.82. The van der Waals surface area contributed by atoms with Crippen molar-refractivity contribution in [1.29, 1.82) is 0 Å². The van der Waals surface area contributed by atoms with Gasteiger partial charge in [0.05, 0.1) is 5.56 Å². The van der Waals surface area contributed by atoms with E-state index in [0.717, 1.165) is 11.3 Å². The number of ether oxygens (including phenoxy) is 1. The Morgan fingerprint density at radius 3 is 2.53 bits per heavy atom. The Hall–Kier alpha value is -2.03. The van der Waals surface area contributed by atoms with Gasteiger partial charge >= 0.3 is 5.97 Å². The Morgan fingerprint density at radius 2 is 1.94 bits per heavy atom. The minimum Gasteiger partial charge on any atom is -0.457 e. The summed E-state index contributed by atoms with van der Waals surface area (Å²) < 4.78 is 7.16. The van der Waals surface area contributed by atoms with Gasteiger partial charge in [-0.05, 0) is 18.6 Å². The van der Waals surface area contributed by atoms with E-state index in [1.807, 2.05) is 55.1 Å². The molecule has 0 radical (unpaired) electrons. The van der Waals surface area contributed by atoms with Crippen LogP contribution in [0.4, 0.5) is 0 Å². The molecular formula is C14H15NO2. The van der Waals surface area contributed by atoms with Gasteiger partial charge < -0.3 is 9.30 Å². The van der Waals surface area contributed by atoms with E-state index in [1.165, 1.54) is 0 Å². The zero-order chi connectivity index (χ0) is 12.3. The molecule has 0 fully saturated rings. The number of aryl methyl sites for hydroxylation is 1. The van der Waals surface area contributed by atoms with Gasteiger partial charge in [-0.15, -0.1) is 0 Å². The molecule has 17 heavy (non-hydrogen) atoms. The highest BCUT2D eigenvalue weighted by atomic mass is 16.5. The van der Waals surface area contributed by atoms with Crippen molar-refractivity contribution in [3.05, 3.63) is 59.4 Å². The smallest absolute Gasteiger partial charge is 0.340 e. The molecule has 3 heteroatoms. The highest BCUT2D eigenvalue weighted by molar-refractivity contribution is 5.90. The molecule has 0 atom stereocenters. The van der Waals surface area contributed by atoms with Gasteiger partial charge in [-0.1, -0.05) is 30.3 Å². The Labute approximate surface area is 101 Å². The normalized spacial score (nSPS) is 10.2. The van der Waals surface area contributed by atoms with Crippen LogP contribution in [0.1, 0.15) is 21.6 Å². The molecule has 0 unspecified atom stereocenters. The molecule has 88 valence electrons. The van der Waals surface area contributed by atoms with E-state index in [1.54, 1.807) is 6.07 Å². The van der Waals surface area contributed by atoms with Gasteiger partial charge in [0.1, 0.15) is 6.61 Å². The van der Waals surface area contributed by atoms with Gasteiger partial charge in [0, 0.05) is 18.9 Å². The van der Waals surface area contributed by atoms with Crippen molar-refractivity contribution in [3.8, 4) is 0 Å². The Balaban J connectivity index is 2.01. The number of carbonyl (C=O) groups excluding carboxylic acids is 1. The van der Waals surface area contributed by atoms with Gasteiger partial charge in [0.2, 0.25) is 0 Å². The van der Waals surface area contributed by atoms with Crippen LogP contribution >= 0.6 is 0 Å². The molecule has 0 aliphatic carbocycles. The second-order valence-corrected chi connectivity index (χ2v) is 3.99. The first-order chi connectivity index (χ1) is 8.18. The summed E-state index contributed by atoms with van der Waals surface area (Å²) in [6, 6.07) is 11.4. The van der Waals surface area contributed by atoms with E-state index in [2.05, 4.69) is 0 Å². The number of esters is 1. The van der Waals surface area contributed by atoms with Crippen LogP contribution in [0.2, 0.25) is 0 Å². The lowest BCUT2D eigenvalue weighted by Gasteiger charge is -2.05. The Kier molecular flexibility index (Phi) is 3.28. The maximum absolute atomic E-state index is 11.8. The molecular weight excluding hydrogens is 214 g/mol. The molecule has 2 rings (SSSR count). The van der Waals surface area contributed by atoms with Gasteiger partial charge in [-0.25, -0.2) is 4.79 Å². The van der Waals surface area contributed by atoms with E-state index in [4.69, 9.17) is 4.74 Å².